The Kier molecular flexibility index (Phi) is 4.26. The number of thiocarbonyl (C=S) groups is 1. The number of esters is 1. The molecule has 0 amide bonds. The van der Waals surface area contributed by atoms with E-state index in [4.69, 9.17) is 21.7 Å². The number of carbonyl (C=O) groups is 1. The lowest BCUT2D eigenvalue weighted by Crippen LogP contribution is -2.71. The second-order valence-corrected chi connectivity index (χ2v) is 7.05. The second kappa shape index (κ2) is 6.49. The molecule has 0 aromatic heterocycles. The molecule has 0 aliphatic carbocycles. The van der Waals surface area contributed by atoms with Crippen molar-refractivity contribution in [2.45, 2.75) is 25.6 Å². The molecule has 1 saturated heterocycles. The van der Waals surface area contributed by atoms with Gasteiger partial charge >= 0.3 is 5.97 Å². The summed E-state index contributed by atoms with van der Waals surface area (Å²) in [5.41, 5.74) is 0.364. The first-order chi connectivity index (χ1) is 13.0. The minimum atomic E-state index is -1.12. The van der Waals surface area contributed by atoms with Crippen molar-refractivity contribution in [3.8, 4) is 5.75 Å². The van der Waals surface area contributed by atoms with E-state index in [0.717, 1.165) is 5.56 Å². The first-order valence-electron chi connectivity index (χ1n) is 8.76. The molecule has 4 rings (SSSR count). The lowest BCUT2D eigenvalue weighted by atomic mass is 9.79. The molecule has 2 aromatic rings. The standard InChI is InChI=1S/C20H19FN2O3S/c1-3-25-18(24)16-17-14-6-4-5-7-15(14)26-20(16,2)23(19(27)22-17)13-10-8-12(21)9-11-13/h4-11,16-17H,3H2,1-2H3,(H,22,27)/t16-,17-,20+/m1/s1. The highest BCUT2D eigenvalue weighted by Gasteiger charge is 2.59. The van der Waals surface area contributed by atoms with Crippen molar-refractivity contribution in [3.05, 3.63) is 59.9 Å². The number of nitrogens with one attached hydrogen (secondary N) is 1. The number of rotatable bonds is 3. The summed E-state index contributed by atoms with van der Waals surface area (Å²) in [7, 11) is 0. The largest absolute Gasteiger partial charge is 0.466 e. The third-order valence-electron chi connectivity index (χ3n) is 5.03. The molecular weight excluding hydrogens is 367 g/mol. The SMILES string of the molecule is CCOC(=O)[C@H]1[C@@H]2NC(=S)N(c3ccc(F)cc3)[C@@]1(C)Oc1ccccc12. The fourth-order valence-corrected chi connectivity index (χ4v) is 4.31. The lowest BCUT2D eigenvalue weighted by molar-refractivity contribution is -0.159. The van der Waals surface area contributed by atoms with Crippen LogP contribution in [0.4, 0.5) is 10.1 Å². The molecule has 0 spiro atoms. The van der Waals surface area contributed by atoms with E-state index in [1.165, 1.54) is 12.1 Å². The fraction of sp³-hybridized carbons (Fsp3) is 0.300. The zero-order valence-electron chi connectivity index (χ0n) is 14.9. The van der Waals surface area contributed by atoms with Gasteiger partial charge in [-0.15, -0.1) is 0 Å². The number of ether oxygens (including phenoxy) is 2. The Hall–Kier alpha value is -2.67. The van der Waals surface area contributed by atoms with Gasteiger partial charge in [0.25, 0.3) is 0 Å². The Morgan fingerprint density at radius 1 is 1.30 bits per heavy atom. The minimum absolute atomic E-state index is 0.265. The molecule has 7 heteroatoms. The van der Waals surface area contributed by atoms with Gasteiger partial charge in [-0.2, -0.15) is 0 Å². The molecule has 140 valence electrons. The number of carbonyl (C=O) groups excluding carboxylic acids is 1. The highest BCUT2D eigenvalue weighted by atomic mass is 32.1. The highest BCUT2D eigenvalue weighted by molar-refractivity contribution is 7.80. The molecule has 1 fully saturated rings. The van der Waals surface area contributed by atoms with Crippen LogP contribution in [0.25, 0.3) is 0 Å². The molecule has 2 aromatic carbocycles. The first kappa shape index (κ1) is 17.7. The molecule has 1 N–H and O–H groups in total. The van der Waals surface area contributed by atoms with Gasteiger partial charge in [0.15, 0.2) is 5.11 Å². The van der Waals surface area contributed by atoms with Crippen LogP contribution in [0.15, 0.2) is 48.5 Å². The maximum Gasteiger partial charge on any atom is 0.317 e. The van der Waals surface area contributed by atoms with Crippen LogP contribution < -0.4 is 15.0 Å². The van der Waals surface area contributed by atoms with E-state index in [1.807, 2.05) is 31.2 Å². The van der Waals surface area contributed by atoms with Gasteiger partial charge in [0.2, 0.25) is 5.72 Å². The van der Waals surface area contributed by atoms with Crippen LogP contribution in [0.1, 0.15) is 25.5 Å². The van der Waals surface area contributed by atoms with Crippen LogP contribution in [0, 0.1) is 11.7 Å². The topological polar surface area (TPSA) is 50.8 Å². The van der Waals surface area contributed by atoms with Crippen molar-refractivity contribution in [1.82, 2.24) is 5.32 Å². The van der Waals surface area contributed by atoms with Crippen molar-refractivity contribution in [2.75, 3.05) is 11.5 Å². The molecular formula is C20H19FN2O3S. The zero-order valence-corrected chi connectivity index (χ0v) is 15.8. The van der Waals surface area contributed by atoms with Crippen LogP contribution in [-0.2, 0) is 9.53 Å². The molecule has 5 nitrogen and oxygen atoms in total. The smallest absolute Gasteiger partial charge is 0.317 e. The average Bonchev–Trinajstić information content (AvgIpc) is 2.62. The Morgan fingerprint density at radius 3 is 2.70 bits per heavy atom. The van der Waals surface area contributed by atoms with Crippen molar-refractivity contribution in [3.63, 3.8) is 0 Å². The normalized spacial score (nSPS) is 25.9. The number of hydrogen-bond acceptors (Lipinski definition) is 4. The molecule has 2 aliphatic heterocycles. The predicted octanol–water partition coefficient (Wildman–Crippen LogP) is 3.55. The van der Waals surface area contributed by atoms with Crippen LogP contribution >= 0.6 is 12.2 Å². The molecule has 3 atom stereocenters. The molecule has 0 saturated carbocycles. The summed E-state index contributed by atoms with van der Waals surface area (Å²) in [4.78, 5) is 14.6. The molecule has 2 heterocycles. The molecule has 27 heavy (non-hydrogen) atoms. The van der Waals surface area contributed by atoms with Crippen LogP contribution in [0.2, 0.25) is 0 Å². The van der Waals surface area contributed by atoms with Gasteiger partial charge in [-0.25, -0.2) is 4.39 Å². The number of halogens is 1. The Balaban J connectivity index is 1.88. The van der Waals surface area contributed by atoms with E-state index in [1.54, 1.807) is 24.0 Å². The molecule has 0 unspecified atom stereocenters. The summed E-state index contributed by atoms with van der Waals surface area (Å²) >= 11 is 5.59. The quantitative estimate of drug-likeness (QED) is 0.643. The predicted molar refractivity (Wildman–Crippen MR) is 103 cm³/mol. The third-order valence-corrected chi connectivity index (χ3v) is 5.33. The van der Waals surface area contributed by atoms with Crippen LogP contribution in [-0.4, -0.2) is 23.4 Å². The summed E-state index contributed by atoms with van der Waals surface area (Å²) in [5, 5.41) is 3.67. The summed E-state index contributed by atoms with van der Waals surface area (Å²) in [6, 6.07) is 13.1. The van der Waals surface area contributed by atoms with E-state index in [-0.39, 0.29) is 24.4 Å². The highest BCUT2D eigenvalue weighted by Crippen LogP contribution is 2.49. The average molecular weight is 386 g/mol. The van der Waals surface area contributed by atoms with E-state index >= 15 is 0 Å². The van der Waals surface area contributed by atoms with Gasteiger partial charge in [0.05, 0.1) is 12.6 Å². The zero-order chi connectivity index (χ0) is 19.2. The Labute approximate surface area is 162 Å². The van der Waals surface area contributed by atoms with Crippen molar-refractivity contribution < 1.29 is 18.7 Å². The number of para-hydroxylation sites is 1. The van der Waals surface area contributed by atoms with E-state index in [0.29, 0.717) is 16.5 Å². The number of nitrogens with zero attached hydrogens (tertiary/aromatic N) is 1. The van der Waals surface area contributed by atoms with E-state index in [9.17, 15) is 9.18 Å². The number of anilines is 1. The second-order valence-electron chi connectivity index (χ2n) is 6.66. The molecule has 2 bridgehead atoms. The number of fused-ring (bicyclic) bond motifs is 4. The summed E-state index contributed by atoms with van der Waals surface area (Å²) in [5.74, 6) is -0.715. The van der Waals surface area contributed by atoms with Gasteiger partial charge in [-0.05, 0) is 56.4 Å². The summed E-state index contributed by atoms with van der Waals surface area (Å²) in [6.07, 6.45) is 0. The summed E-state index contributed by atoms with van der Waals surface area (Å²) in [6.45, 7) is 3.85. The van der Waals surface area contributed by atoms with Crippen molar-refractivity contribution in [1.29, 1.82) is 0 Å². The van der Waals surface area contributed by atoms with Gasteiger partial charge in [-0.1, -0.05) is 18.2 Å². The van der Waals surface area contributed by atoms with Crippen LogP contribution in [0.5, 0.6) is 5.75 Å². The monoisotopic (exact) mass is 386 g/mol. The first-order valence-corrected chi connectivity index (χ1v) is 9.17. The lowest BCUT2D eigenvalue weighted by Gasteiger charge is -2.55. The maximum atomic E-state index is 13.4. The summed E-state index contributed by atoms with van der Waals surface area (Å²) < 4.78 is 25.1. The van der Waals surface area contributed by atoms with Gasteiger partial charge < -0.3 is 14.8 Å². The van der Waals surface area contributed by atoms with Crippen LogP contribution in [0.3, 0.4) is 0 Å². The van der Waals surface area contributed by atoms with E-state index < -0.39 is 11.6 Å². The maximum absolute atomic E-state index is 13.4. The molecule has 2 aliphatic rings. The van der Waals surface area contributed by atoms with Crippen molar-refractivity contribution >= 4 is 29.0 Å². The Morgan fingerprint density at radius 2 is 2.00 bits per heavy atom. The Bertz CT molecular complexity index is 904. The molecule has 0 radical (unpaired) electrons. The van der Waals surface area contributed by atoms with Gasteiger partial charge in [-0.3, -0.25) is 9.69 Å². The number of benzene rings is 2. The van der Waals surface area contributed by atoms with Crippen molar-refractivity contribution in [2.24, 2.45) is 5.92 Å². The van der Waals surface area contributed by atoms with E-state index in [2.05, 4.69) is 5.32 Å². The fourth-order valence-electron chi connectivity index (χ4n) is 3.90. The van der Waals surface area contributed by atoms with Gasteiger partial charge in [0, 0.05) is 11.3 Å². The van der Waals surface area contributed by atoms with Gasteiger partial charge in [0.1, 0.15) is 17.5 Å². The third kappa shape index (κ3) is 2.73. The minimum Gasteiger partial charge on any atom is -0.466 e. The number of hydrogen-bond donors (Lipinski definition) is 1.